The lowest BCUT2D eigenvalue weighted by molar-refractivity contribution is -0.659. The van der Waals surface area contributed by atoms with Gasteiger partial charge in [-0.2, -0.15) is 4.57 Å². The quantitative estimate of drug-likeness (QED) is 0.405. The fraction of sp³-hybridized carbons (Fsp3) is 0.0800. The monoisotopic (exact) mass is 390 g/mol. The maximum absolute atomic E-state index is 4.44. The van der Waals surface area contributed by atoms with Crippen LogP contribution < -0.4 is 4.57 Å². The van der Waals surface area contributed by atoms with E-state index in [9.17, 15) is 0 Å². The van der Waals surface area contributed by atoms with E-state index in [0.29, 0.717) is 0 Å². The first-order valence-electron chi connectivity index (χ1n) is 10.0. The Morgan fingerprint density at radius 1 is 0.867 bits per heavy atom. The van der Waals surface area contributed by atoms with Gasteiger partial charge in [0.25, 0.3) is 0 Å². The van der Waals surface area contributed by atoms with Crippen molar-refractivity contribution in [2.75, 3.05) is 0 Å². The standard InChI is InChI=1S/C25H20N5/c1-17-20-11-7-6-8-18(20)12-13-21(17)23-24-22(14-15-28(23)2)29-16-26-27-25(29)30(24)19-9-4-3-5-10-19/h3-16H,1-2H3/q+1. The molecule has 30 heavy (non-hydrogen) atoms. The summed E-state index contributed by atoms with van der Waals surface area (Å²) in [5.74, 6) is 0.807. The van der Waals surface area contributed by atoms with Gasteiger partial charge in [-0.1, -0.05) is 48.5 Å². The molecule has 0 aliphatic heterocycles. The molecule has 0 bridgehead atoms. The van der Waals surface area contributed by atoms with E-state index in [1.165, 1.54) is 21.9 Å². The highest BCUT2D eigenvalue weighted by Crippen LogP contribution is 2.34. The molecule has 144 valence electrons. The Labute approximate surface area is 173 Å². The van der Waals surface area contributed by atoms with Crippen molar-refractivity contribution in [1.29, 1.82) is 0 Å². The van der Waals surface area contributed by atoms with Crippen molar-refractivity contribution in [2.45, 2.75) is 6.92 Å². The Morgan fingerprint density at radius 3 is 2.53 bits per heavy atom. The molecule has 3 aromatic carbocycles. The molecule has 3 heterocycles. The van der Waals surface area contributed by atoms with E-state index in [0.717, 1.165) is 28.2 Å². The third kappa shape index (κ3) is 2.26. The van der Waals surface area contributed by atoms with E-state index in [4.69, 9.17) is 0 Å². The molecule has 0 saturated carbocycles. The van der Waals surface area contributed by atoms with Crippen LogP contribution in [0.1, 0.15) is 5.56 Å². The van der Waals surface area contributed by atoms with Crippen molar-refractivity contribution in [3.63, 3.8) is 0 Å². The van der Waals surface area contributed by atoms with Crippen LogP contribution in [0.25, 0.3) is 44.5 Å². The Balaban J connectivity index is 1.80. The summed E-state index contributed by atoms with van der Waals surface area (Å²) < 4.78 is 6.46. The second-order valence-corrected chi connectivity index (χ2v) is 7.64. The summed E-state index contributed by atoms with van der Waals surface area (Å²) in [6.45, 7) is 2.21. The molecule has 3 aromatic heterocycles. The van der Waals surface area contributed by atoms with Gasteiger partial charge in [0.2, 0.25) is 11.5 Å². The predicted octanol–water partition coefficient (Wildman–Crippen LogP) is 4.63. The minimum Gasteiger partial charge on any atom is -0.271 e. The predicted molar refractivity (Wildman–Crippen MR) is 119 cm³/mol. The SMILES string of the molecule is Cc1c(-c2c3c(cc[n+]2C)n2cnnc2n3-c2ccccc2)ccc2ccccc12. The van der Waals surface area contributed by atoms with E-state index < -0.39 is 0 Å². The van der Waals surface area contributed by atoms with Crippen molar-refractivity contribution in [2.24, 2.45) is 7.05 Å². The largest absolute Gasteiger partial charge is 0.271 e. The van der Waals surface area contributed by atoms with E-state index >= 15 is 0 Å². The van der Waals surface area contributed by atoms with Gasteiger partial charge in [-0.05, 0) is 41.5 Å². The van der Waals surface area contributed by atoms with Crippen LogP contribution in [0.4, 0.5) is 0 Å². The highest BCUT2D eigenvalue weighted by Gasteiger charge is 2.25. The van der Waals surface area contributed by atoms with Crippen molar-refractivity contribution >= 4 is 27.6 Å². The Hall–Kier alpha value is -3.99. The second kappa shape index (κ2) is 6.26. The lowest BCUT2D eigenvalue weighted by Gasteiger charge is -2.11. The van der Waals surface area contributed by atoms with Crippen molar-refractivity contribution < 1.29 is 4.57 Å². The van der Waals surface area contributed by atoms with Crippen molar-refractivity contribution in [3.05, 3.63) is 90.9 Å². The van der Waals surface area contributed by atoms with Crippen molar-refractivity contribution in [1.82, 2.24) is 19.2 Å². The summed E-state index contributed by atoms with van der Waals surface area (Å²) >= 11 is 0. The zero-order valence-corrected chi connectivity index (χ0v) is 16.8. The fourth-order valence-corrected chi connectivity index (χ4v) is 4.51. The number of para-hydroxylation sites is 1. The summed E-state index contributed by atoms with van der Waals surface area (Å²) in [4.78, 5) is 0. The van der Waals surface area contributed by atoms with Gasteiger partial charge in [-0.25, -0.2) is 0 Å². The number of nitrogens with zero attached hydrogens (tertiary/aromatic N) is 5. The minimum atomic E-state index is 0.807. The summed E-state index contributed by atoms with van der Waals surface area (Å²) in [6.07, 6.45) is 3.90. The molecule has 0 aliphatic rings. The molecule has 0 amide bonds. The normalized spacial score (nSPS) is 11.7. The highest BCUT2D eigenvalue weighted by molar-refractivity contribution is 5.97. The van der Waals surface area contributed by atoms with E-state index in [-0.39, 0.29) is 0 Å². The van der Waals surface area contributed by atoms with Crippen LogP contribution in [0.2, 0.25) is 0 Å². The number of imidazole rings is 1. The van der Waals surface area contributed by atoms with Crippen LogP contribution in [-0.2, 0) is 7.05 Å². The number of hydrogen-bond acceptors (Lipinski definition) is 2. The molecule has 0 atom stereocenters. The minimum absolute atomic E-state index is 0.807. The lowest BCUT2D eigenvalue weighted by Crippen LogP contribution is -2.31. The van der Waals surface area contributed by atoms with Crippen LogP contribution in [0.3, 0.4) is 0 Å². The average Bonchev–Trinajstić information content (AvgIpc) is 3.36. The molecule has 0 N–H and O–H groups in total. The average molecular weight is 390 g/mol. The van der Waals surface area contributed by atoms with Crippen LogP contribution in [-0.4, -0.2) is 19.2 Å². The van der Waals surface area contributed by atoms with E-state index in [1.807, 2.05) is 6.07 Å². The molecule has 0 fully saturated rings. The van der Waals surface area contributed by atoms with Gasteiger partial charge in [-0.3, -0.25) is 8.97 Å². The number of rotatable bonds is 2. The van der Waals surface area contributed by atoms with Gasteiger partial charge in [0.1, 0.15) is 18.9 Å². The third-order valence-corrected chi connectivity index (χ3v) is 5.96. The molecule has 6 rings (SSSR count). The first-order chi connectivity index (χ1) is 14.7. The fourth-order valence-electron chi connectivity index (χ4n) is 4.51. The van der Waals surface area contributed by atoms with E-state index in [2.05, 4.69) is 111 Å². The van der Waals surface area contributed by atoms with Crippen LogP contribution in [0.5, 0.6) is 0 Å². The molecule has 0 saturated heterocycles. The van der Waals surface area contributed by atoms with Gasteiger partial charge in [-0.15, -0.1) is 10.2 Å². The lowest BCUT2D eigenvalue weighted by atomic mass is 9.97. The van der Waals surface area contributed by atoms with E-state index in [1.54, 1.807) is 6.33 Å². The number of hydrogen-bond donors (Lipinski definition) is 0. The smallest absolute Gasteiger partial charge is 0.241 e. The first kappa shape index (κ1) is 16.9. The maximum Gasteiger partial charge on any atom is 0.241 e. The molecule has 6 aromatic rings. The van der Waals surface area contributed by atoms with Gasteiger partial charge in [0.05, 0.1) is 11.1 Å². The van der Waals surface area contributed by atoms with Gasteiger partial charge in [0, 0.05) is 11.8 Å². The zero-order valence-electron chi connectivity index (χ0n) is 16.8. The highest BCUT2D eigenvalue weighted by atomic mass is 15.3. The molecule has 5 nitrogen and oxygen atoms in total. The summed E-state index contributed by atoms with van der Waals surface area (Å²) in [5, 5.41) is 11.1. The molecule has 0 unspecified atom stereocenters. The molecular weight excluding hydrogens is 370 g/mol. The Kier molecular flexibility index (Phi) is 3.53. The molecule has 0 radical (unpaired) electrons. The van der Waals surface area contributed by atoms with Gasteiger partial charge < -0.3 is 0 Å². The van der Waals surface area contributed by atoms with Crippen LogP contribution in [0.15, 0.2) is 85.3 Å². The van der Waals surface area contributed by atoms with Crippen molar-refractivity contribution in [3.8, 4) is 16.9 Å². The molecule has 5 heteroatoms. The second-order valence-electron chi connectivity index (χ2n) is 7.64. The number of fused-ring (bicyclic) bond motifs is 4. The first-order valence-corrected chi connectivity index (χ1v) is 10.0. The number of pyridine rings is 1. The Morgan fingerprint density at radius 2 is 1.67 bits per heavy atom. The molecular formula is C25H20N5+. The summed E-state index contributed by atoms with van der Waals surface area (Å²) in [7, 11) is 2.10. The Bertz CT molecular complexity index is 1560. The van der Waals surface area contributed by atoms with Crippen LogP contribution >= 0.6 is 0 Å². The number of aromatic nitrogens is 5. The molecule has 0 aliphatic carbocycles. The topological polar surface area (TPSA) is 39.0 Å². The summed E-state index contributed by atoms with van der Waals surface area (Å²) in [6, 6.07) is 25.5. The summed E-state index contributed by atoms with van der Waals surface area (Å²) in [5.41, 5.74) is 6.91. The maximum atomic E-state index is 4.44. The number of aryl methyl sites for hydroxylation is 2. The zero-order chi connectivity index (χ0) is 20.2. The molecule has 0 spiro atoms. The van der Waals surface area contributed by atoms with Crippen LogP contribution in [0, 0.1) is 6.92 Å². The van der Waals surface area contributed by atoms with Gasteiger partial charge >= 0.3 is 0 Å². The van der Waals surface area contributed by atoms with Gasteiger partial charge in [0.15, 0.2) is 6.20 Å². The number of benzene rings is 3. The third-order valence-electron chi connectivity index (χ3n) is 5.96.